The summed E-state index contributed by atoms with van der Waals surface area (Å²) in [7, 11) is 0. The Hall–Kier alpha value is -1.75. The largest absolute Gasteiger partial charge is 0.445 e. The molecule has 5 heteroatoms. The standard InChI is InChI=1S/C16H23N3O2/c20-16(19-11-7-17-8-12-19)21-13-14-3-5-15(6-4-14)18-9-1-2-10-18/h3-6,17H,1-2,7-13H2. The van der Waals surface area contributed by atoms with Gasteiger partial charge in [0, 0.05) is 45.0 Å². The van der Waals surface area contributed by atoms with E-state index < -0.39 is 0 Å². The summed E-state index contributed by atoms with van der Waals surface area (Å²) in [5.41, 5.74) is 2.31. The van der Waals surface area contributed by atoms with Gasteiger partial charge < -0.3 is 19.9 Å². The van der Waals surface area contributed by atoms with E-state index in [1.807, 2.05) is 0 Å². The van der Waals surface area contributed by atoms with Crippen molar-refractivity contribution in [3.63, 3.8) is 0 Å². The lowest BCUT2D eigenvalue weighted by molar-refractivity contribution is 0.0918. The molecule has 3 rings (SSSR count). The molecule has 1 aromatic rings. The van der Waals surface area contributed by atoms with Gasteiger partial charge in [-0.3, -0.25) is 0 Å². The Morgan fingerprint density at radius 1 is 1.05 bits per heavy atom. The van der Waals surface area contributed by atoms with E-state index in [1.54, 1.807) is 4.90 Å². The summed E-state index contributed by atoms with van der Waals surface area (Å²) in [6, 6.07) is 8.36. The number of piperazine rings is 1. The van der Waals surface area contributed by atoms with Gasteiger partial charge in [0.15, 0.2) is 0 Å². The van der Waals surface area contributed by atoms with Gasteiger partial charge in [-0.15, -0.1) is 0 Å². The van der Waals surface area contributed by atoms with Crippen molar-refractivity contribution in [1.82, 2.24) is 10.2 Å². The third-order valence-electron chi connectivity index (χ3n) is 4.15. The fourth-order valence-corrected chi connectivity index (χ4v) is 2.86. The summed E-state index contributed by atoms with van der Waals surface area (Å²) in [4.78, 5) is 16.1. The lowest BCUT2D eigenvalue weighted by atomic mass is 10.2. The first-order valence-corrected chi connectivity index (χ1v) is 7.79. The van der Waals surface area contributed by atoms with Crippen LogP contribution in [0.1, 0.15) is 18.4 Å². The summed E-state index contributed by atoms with van der Waals surface area (Å²) in [5, 5.41) is 3.22. The minimum absolute atomic E-state index is 0.208. The topological polar surface area (TPSA) is 44.8 Å². The number of rotatable bonds is 3. The molecule has 5 nitrogen and oxygen atoms in total. The van der Waals surface area contributed by atoms with Crippen molar-refractivity contribution < 1.29 is 9.53 Å². The first kappa shape index (κ1) is 14.2. The molecule has 2 heterocycles. The van der Waals surface area contributed by atoms with Crippen molar-refractivity contribution >= 4 is 11.8 Å². The summed E-state index contributed by atoms with van der Waals surface area (Å²) < 4.78 is 5.38. The van der Waals surface area contributed by atoms with Crippen LogP contribution in [0.4, 0.5) is 10.5 Å². The molecule has 0 unspecified atom stereocenters. The third-order valence-corrected chi connectivity index (χ3v) is 4.15. The van der Waals surface area contributed by atoms with Crippen molar-refractivity contribution in [2.24, 2.45) is 0 Å². The second-order valence-electron chi connectivity index (χ2n) is 5.65. The van der Waals surface area contributed by atoms with E-state index in [0.717, 1.165) is 44.8 Å². The zero-order chi connectivity index (χ0) is 14.5. The summed E-state index contributed by atoms with van der Waals surface area (Å²) in [6.45, 7) is 5.80. The maximum absolute atomic E-state index is 11.9. The summed E-state index contributed by atoms with van der Waals surface area (Å²) in [6.07, 6.45) is 2.36. The number of carbonyl (C=O) groups excluding carboxylic acids is 1. The van der Waals surface area contributed by atoms with E-state index in [0.29, 0.717) is 6.61 Å². The summed E-state index contributed by atoms with van der Waals surface area (Å²) in [5.74, 6) is 0. The molecule has 0 bridgehead atoms. The van der Waals surface area contributed by atoms with Gasteiger partial charge in [0.25, 0.3) is 0 Å². The molecular weight excluding hydrogens is 266 g/mol. The van der Waals surface area contributed by atoms with Gasteiger partial charge in [-0.1, -0.05) is 12.1 Å². The van der Waals surface area contributed by atoms with Gasteiger partial charge >= 0.3 is 6.09 Å². The minimum atomic E-state index is -0.208. The Morgan fingerprint density at radius 2 is 1.71 bits per heavy atom. The van der Waals surface area contributed by atoms with Crippen molar-refractivity contribution in [1.29, 1.82) is 0 Å². The second kappa shape index (κ2) is 6.80. The van der Waals surface area contributed by atoms with Gasteiger partial charge in [0.05, 0.1) is 0 Å². The highest BCUT2D eigenvalue weighted by Crippen LogP contribution is 2.20. The molecule has 1 amide bonds. The Bertz CT molecular complexity index is 463. The Balaban J connectivity index is 1.49. The fourth-order valence-electron chi connectivity index (χ4n) is 2.86. The van der Waals surface area contributed by atoms with E-state index in [9.17, 15) is 4.79 Å². The number of anilines is 1. The van der Waals surface area contributed by atoms with E-state index in [1.165, 1.54) is 18.5 Å². The second-order valence-corrected chi connectivity index (χ2v) is 5.65. The van der Waals surface area contributed by atoms with Crippen LogP contribution in [0.15, 0.2) is 24.3 Å². The van der Waals surface area contributed by atoms with E-state index >= 15 is 0 Å². The van der Waals surface area contributed by atoms with Crippen molar-refractivity contribution in [3.8, 4) is 0 Å². The van der Waals surface area contributed by atoms with Gasteiger partial charge in [0.2, 0.25) is 0 Å². The van der Waals surface area contributed by atoms with E-state index in [2.05, 4.69) is 34.5 Å². The fraction of sp³-hybridized carbons (Fsp3) is 0.562. The van der Waals surface area contributed by atoms with Crippen LogP contribution in [-0.4, -0.2) is 50.3 Å². The highest BCUT2D eigenvalue weighted by Gasteiger charge is 2.17. The molecule has 0 atom stereocenters. The number of benzene rings is 1. The van der Waals surface area contributed by atoms with Gasteiger partial charge in [-0.2, -0.15) is 0 Å². The molecule has 0 saturated carbocycles. The van der Waals surface area contributed by atoms with Crippen molar-refractivity contribution in [2.75, 3.05) is 44.2 Å². The molecule has 1 aromatic carbocycles. The molecule has 0 spiro atoms. The normalized spacial score (nSPS) is 18.9. The molecule has 2 aliphatic rings. The maximum atomic E-state index is 11.9. The predicted molar refractivity (Wildman–Crippen MR) is 82.5 cm³/mol. The number of nitrogens with one attached hydrogen (secondary N) is 1. The number of amides is 1. The quantitative estimate of drug-likeness (QED) is 0.922. The average Bonchev–Trinajstić information content (AvgIpc) is 3.08. The van der Waals surface area contributed by atoms with E-state index in [4.69, 9.17) is 4.74 Å². The number of hydrogen-bond donors (Lipinski definition) is 1. The van der Waals surface area contributed by atoms with Crippen LogP contribution in [0.25, 0.3) is 0 Å². The predicted octanol–water partition coefficient (Wildman–Crippen LogP) is 1.83. The van der Waals surface area contributed by atoms with Crippen molar-refractivity contribution in [3.05, 3.63) is 29.8 Å². The van der Waals surface area contributed by atoms with E-state index in [-0.39, 0.29) is 6.09 Å². The third kappa shape index (κ3) is 3.67. The molecule has 0 aliphatic carbocycles. The van der Waals surface area contributed by atoms with Crippen LogP contribution in [0.3, 0.4) is 0 Å². The Labute approximate surface area is 125 Å². The Morgan fingerprint density at radius 3 is 2.38 bits per heavy atom. The molecule has 2 fully saturated rings. The average molecular weight is 289 g/mol. The minimum Gasteiger partial charge on any atom is -0.445 e. The number of nitrogens with zero attached hydrogens (tertiary/aromatic N) is 2. The molecule has 2 saturated heterocycles. The van der Waals surface area contributed by atoms with Crippen LogP contribution in [0, 0.1) is 0 Å². The van der Waals surface area contributed by atoms with Gasteiger partial charge in [-0.05, 0) is 30.5 Å². The zero-order valence-corrected chi connectivity index (χ0v) is 12.4. The highest BCUT2D eigenvalue weighted by atomic mass is 16.6. The molecule has 2 aliphatic heterocycles. The molecule has 0 aromatic heterocycles. The SMILES string of the molecule is O=C(OCc1ccc(N2CCCC2)cc1)N1CCNCC1. The lowest BCUT2D eigenvalue weighted by Crippen LogP contribution is -2.46. The lowest BCUT2D eigenvalue weighted by Gasteiger charge is -2.26. The van der Waals surface area contributed by atoms with Crippen LogP contribution >= 0.6 is 0 Å². The molecule has 114 valence electrons. The molecule has 1 N–H and O–H groups in total. The number of carbonyl (C=O) groups is 1. The maximum Gasteiger partial charge on any atom is 0.410 e. The smallest absolute Gasteiger partial charge is 0.410 e. The van der Waals surface area contributed by atoms with Crippen LogP contribution in [0.5, 0.6) is 0 Å². The van der Waals surface area contributed by atoms with Crippen LogP contribution in [0.2, 0.25) is 0 Å². The molecular formula is C16H23N3O2. The number of hydrogen-bond acceptors (Lipinski definition) is 4. The monoisotopic (exact) mass is 289 g/mol. The van der Waals surface area contributed by atoms with Crippen LogP contribution < -0.4 is 10.2 Å². The van der Waals surface area contributed by atoms with Crippen molar-refractivity contribution in [2.45, 2.75) is 19.4 Å². The van der Waals surface area contributed by atoms with Gasteiger partial charge in [-0.25, -0.2) is 4.79 Å². The highest BCUT2D eigenvalue weighted by molar-refractivity contribution is 5.67. The molecule has 21 heavy (non-hydrogen) atoms. The first-order chi connectivity index (χ1) is 10.3. The zero-order valence-electron chi connectivity index (χ0n) is 12.4. The number of ether oxygens (including phenoxy) is 1. The summed E-state index contributed by atoms with van der Waals surface area (Å²) >= 11 is 0. The first-order valence-electron chi connectivity index (χ1n) is 7.79. The Kier molecular flexibility index (Phi) is 4.60. The van der Waals surface area contributed by atoms with Crippen LogP contribution in [-0.2, 0) is 11.3 Å². The molecule has 0 radical (unpaired) electrons. The van der Waals surface area contributed by atoms with Gasteiger partial charge in [0.1, 0.15) is 6.61 Å².